The molecule has 0 bridgehead atoms. The molecule has 0 spiro atoms. The maximum absolute atomic E-state index is 14.4. The largest absolute Gasteiger partial charge is 0.323 e. The first-order valence-corrected chi connectivity index (χ1v) is 11.9. The first kappa shape index (κ1) is 24.0. The molecular formula is C26H28ClFN4O2. The fourth-order valence-electron chi connectivity index (χ4n) is 4.27. The zero-order valence-corrected chi connectivity index (χ0v) is 20.1. The number of amides is 2. The van der Waals surface area contributed by atoms with E-state index in [1.165, 1.54) is 18.2 Å². The normalized spacial score (nSPS) is 14.1. The van der Waals surface area contributed by atoms with Crippen LogP contribution in [0.15, 0.2) is 42.5 Å². The molecule has 6 nitrogen and oxygen atoms in total. The lowest BCUT2D eigenvalue weighted by atomic mass is 9.88. The van der Waals surface area contributed by atoms with Crippen molar-refractivity contribution in [1.29, 1.82) is 0 Å². The second-order valence-corrected chi connectivity index (χ2v) is 9.23. The molecule has 0 radical (unpaired) electrons. The number of rotatable bonds is 6. The van der Waals surface area contributed by atoms with Crippen LogP contribution in [0.4, 0.5) is 15.8 Å². The second kappa shape index (κ2) is 10.4. The number of hydrogen-bond acceptors (Lipinski definition) is 3. The van der Waals surface area contributed by atoms with Gasteiger partial charge >= 0.3 is 0 Å². The SMILES string of the molecule is Cc1ccc(Cn2nc(C)c(C(=O)Nc3ccc(F)c(NC(=O)C4CCCCC4)c3)c2Cl)cc1. The quantitative estimate of drug-likeness (QED) is 0.445. The van der Waals surface area contributed by atoms with E-state index in [1.54, 1.807) is 11.6 Å². The summed E-state index contributed by atoms with van der Waals surface area (Å²) in [5, 5.41) is 10.1. The molecule has 0 atom stereocenters. The molecule has 1 saturated carbocycles. The van der Waals surface area contributed by atoms with Gasteiger partial charge in [-0.3, -0.25) is 9.59 Å². The number of aromatic nitrogens is 2. The predicted molar refractivity (Wildman–Crippen MR) is 132 cm³/mol. The number of halogens is 2. The molecule has 1 fully saturated rings. The van der Waals surface area contributed by atoms with Crippen molar-refractivity contribution in [3.8, 4) is 0 Å². The average molecular weight is 483 g/mol. The average Bonchev–Trinajstić information content (AvgIpc) is 3.10. The number of benzene rings is 2. The van der Waals surface area contributed by atoms with Gasteiger partial charge in [0.2, 0.25) is 5.91 Å². The fourth-order valence-corrected chi connectivity index (χ4v) is 4.59. The van der Waals surface area contributed by atoms with E-state index in [2.05, 4.69) is 15.7 Å². The number of hydrogen-bond donors (Lipinski definition) is 2. The predicted octanol–water partition coefficient (Wildman–Crippen LogP) is 6.11. The van der Waals surface area contributed by atoms with E-state index in [4.69, 9.17) is 11.6 Å². The molecule has 34 heavy (non-hydrogen) atoms. The van der Waals surface area contributed by atoms with E-state index < -0.39 is 11.7 Å². The maximum Gasteiger partial charge on any atom is 0.260 e. The van der Waals surface area contributed by atoms with Gasteiger partial charge in [-0.25, -0.2) is 9.07 Å². The highest BCUT2D eigenvalue weighted by molar-refractivity contribution is 6.33. The highest BCUT2D eigenvalue weighted by atomic mass is 35.5. The van der Waals surface area contributed by atoms with Crippen LogP contribution in [0.1, 0.15) is 59.3 Å². The van der Waals surface area contributed by atoms with E-state index in [0.29, 0.717) is 17.9 Å². The number of anilines is 2. The van der Waals surface area contributed by atoms with Crippen LogP contribution in [-0.4, -0.2) is 21.6 Å². The van der Waals surface area contributed by atoms with Gasteiger partial charge in [-0.15, -0.1) is 0 Å². The van der Waals surface area contributed by atoms with Crippen molar-refractivity contribution in [2.45, 2.75) is 52.5 Å². The molecule has 1 aliphatic carbocycles. The first-order chi connectivity index (χ1) is 16.3. The Hall–Kier alpha value is -3.19. The molecule has 2 N–H and O–H groups in total. The van der Waals surface area contributed by atoms with Crippen LogP contribution in [-0.2, 0) is 11.3 Å². The van der Waals surface area contributed by atoms with E-state index in [-0.39, 0.29) is 28.2 Å². The Kier molecular flexibility index (Phi) is 7.32. The third-order valence-electron chi connectivity index (χ3n) is 6.20. The van der Waals surface area contributed by atoms with Gasteiger partial charge in [0, 0.05) is 11.6 Å². The van der Waals surface area contributed by atoms with Crippen molar-refractivity contribution in [1.82, 2.24) is 9.78 Å². The Balaban J connectivity index is 1.48. The fraction of sp³-hybridized carbons (Fsp3) is 0.346. The monoisotopic (exact) mass is 482 g/mol. The Morgan fingerprint density at radius 1 is 1.06 bits per heavy atom. The Morgan fingerprint density at radius 3 is 2.47 bits per heavy atom. The standard InChI is InChI=1S/C26H28ClFN4O2/c1-16-8-10-18(11-9-16)15-32-24(27)23(17(2)31-32)26(34)29-20-12-13-21(28)22(14-20)30-25(33)19-6-4-3-5-7-19/h8-14,19H,3-7,15H2,1-2H3,(H,29,34)(H,30,33). The van der Waals surface area contributed by atoms with Crippen molar-refractivity contribution in [2.24, 2.45) is 5.92 Å². The molecule has 1 heterocycles. The van der Waals surface area contributed by atoms with Gasteiger partial charge in [0.1, 0.15) is 11.0 Å². The zero-order chi connectivity index (χ0) is 24.2. The minimum Gasteiger partial charge on any atom is -0.323 e. The lowest BCUT2D eigenvalue weighted by Gasteiger charge is -2.21. The number of aryl methyl sites for hydroxylation is 2. The van der Waals surface area contributed by atoms with Crippen LogP contribution in [0.5, 0.6) is 0 Å². The van der Waals surface area contributed by atoms with Gasteiger partial charge in [-0.1, -0.05) is 60.7 Å². The van der Waals surface area contributed by atoms with Crippen molar-refractivity contribution >= 4 is 34.8 Å². The van der Waals surface area contributed by atoms with Crippen molar-refractivity contribution in [2.75, 3.05) is 10.6 Å². The summed E-state index contributed by atoms with van der Waals surface area (Å²) in [4.78, 5) is 25.5. The minimum absolute atomic E-state index is 0.0475. The van der Waals surface area contributed by atoms with E-state index >= 15 is 0 Å². The van der Waals surface area contributed by atoms with Crippen LogP contribution in [0, 0.1) is 25.6 Å². The molecule has 3 aromatic rings. The summed E-state index contributed by atoms with van der Waals surface area (Å²) < 4.78 is 15.9. The Morgan fingerprint density at radius 2 is 1.76 bits per heavy atom. The van der Waals surface area contributed by atoms with E-state index in [0.717, 1.165) is 43.2 Å². The van der Waals surface area contributed by atoms with Crippen molar-refractivity contribution < 1.29 is 14.0 Å². The Labute approximate surface area is 203 Å². The molecule has 0 aliphatic heterocycles. The van der Waals surface area contributed by atoms with Crippen molar-refractivity contribution in [3.05, 3.63) is 75.8 Å². The van der Waals surface area contributed by atoms with Gasteiger partial charge < -0.3 is 10.6 Å². The summed E-state index contributed by atoms with van der Waals surface area (Å²) in [6.45, 7) is 4.16. The molecule has 0 saturated heterocycles. The van der Waals surface area contributed by atoms with Crippen LogP contribution < -0.4 is 10.6 Å². The van der Waals surface area contributed by atoms with Crippen LogP contribution in [0.3, 0.4) is 0 Å². The lowest BCUT2D eigenvalue weighted by molar-refractivity contribution is -0.120. The van der Waals surface area contributed by atoms with Crippen LogP contribution >= 0.6 is 11.6 Å². The van der Waals surface area contributed by atoms with Crippen molar-refractivity contribution in [3.63, 3.8) is 0 Å². The molecule has 8 heteroatoms. The number of carbonyl (C=O) groups is 2. The zero-order valence-electron chi connectivity index (χ0n) is 19.3. The molecule has 0 unspecified atom stereocenters. The molecule has 2 amide bonds. The lowest BCUT2D eigenvalue weighted by Crippen LogP contribution is -2.25. The molecule has 4 rings (SSSR count). The second-order valence-electron chi connectivity index (χ2n) is 8.87. The third-order valence-corrected chi connectivity index (χ3v) is 6.59. The molecular weight excluding hydrogens is 455 g/mol. The summed E-state index contributed by atoms with van der Waals surface area (Å²) >= 11 is 6.51. The highest BCUT2D eigenvalue weighted by Gasteiger charge is 2.23. The van der Waals surface area contributed by atoms with Gasteiger partial charge in [-0.05, 0) is 50.5 Å². The summed E-state index contributed by atoms with van der Waals surface area (Å²) in [6.07, 6.45) is 4.77. The smallest absolute Gasteiger partial charge is 0.260 e. The summed E-state index contributed by atoms with van der Waals surface area (Å²) in [5.41, 5.74) is 3.31. The maximum atomic E-state index is 14.4. The van der Waals surface area contributed by atoms with Gasteiger partial charge in [0.15, 0.2) is 0 Å². The topological polar surface area (TPSA) is 76.0 Å². The van der Waals surface area contributed by atoms with Gasteiger partial charge in [0.25, 0.3) is 5.91 Å². The van der Waals surface area contributed by atoms with E-state index in [9.17, 15) is 14.0 Å². The molecule has 2 aromatic carbocycles. The first-order valence-electron chi connectivity index (χ1n) is 11.5. The van der Waals surface area contributed by atoms with Crippen LogP contribution in [0.25, 0.3) is 0 Å². The number of nitrogens with one attached hydrogen (secondary N) is 2. The summed E-state index contributed by atoms with van der Waals surface area (Å²) in [5.74, 6) is -1.29. The van der Waals surface area contributed by atoms with Gasteiger partial charge in [0.05, 0.1) is 23.5 Å². The number of carbonyl (C=O) groups excluding carboxylic acids is 2. The molecule has 178 valence electrons. The highest BCUT2D eigenvalue weighted by Crippen LogP contribution is 2.28. The number of nitrogens with zero attached hydrogens (tertiary/aromatic N) is 2. The van der Waals surface area contributed by atoms with Gasteiger partial charge in [-0.2, -0.15) is 5.10 Å². The molecule has 1 aliphatic rings. The Bertz CT molecular complexity index is 1200. The minimum atomic E-state index is -0.553. The summed E-state index contributed by atoms with van der Waals surface area (Å²) in [6, 6.07) is 12.1. The van der Waals surface area contributed by atoms with Crippen LogP contribution in [0.2, 0.25) is 5.15 Å². The molecule has 1 aromatic heterocycles. The third kappa shape index (κ3) is 5.47. The van der Waals surface area contributed by atoms with E-state index in [1.807, 2.05) is 31.2 Å². The summed E-state index contributed by atoms with van der Waals surface area (Å²) in [7, 11) is 0.